The van der Waals surface area contributed by atoms with Gasteiger partial charge in [0.05, 0.1) is 6.61 Å². The van der Waals surface area contributed by atoms with Gasteiger partial charge in [-0.2, -0.15) is 8.42 Å². The maximum absolute atomic E-state index is 12.9. The molecule has 3 rings (SSSR count). The maximum atomic E-state index is 12.9. The van der Waals surface area contributed by atoms with Crippen molar-refractivity contribution in [3.05, 3.63) is 58.7 Å². The topological polar surface area (TPSA) is 160 Å². The quantitative estimate of drug-likeness (QED) is 0.322. The van der Waals surface area contributed by atoms with Crippen molar-refractivity contribution in [1.82, 2.24) is 4.72 Å². The molecule has 7 N–H and O–H groups in total. The van der Waals surface area contributed by atoms with Crippen molar-refractivity contribution in [2.24, 2.45) is 10.9 Å². The van der Waals surface area contributed by atoms with Crippen LogP contribution in [0.4, 0.5) is 5.69 Å². The number of ether oxygens (including phenoxy) is 1. The summed E-state index contributed by atoms with van der Waals surface area (Å²) in [6, 6.07) is 9.27. The molecule has 0 aromatic heterocycles. The smallest absolute Gasteiger partial charge is 0.298 e. The third-order valence-corrected chi connectivity index (χ3v) is 5.71. The lowest BCUT2D eigenvalue weighted by Gasteiger charge is -2.23. The molecule has 1 amide bonds. The van der Waals surface area contributed by atoms with E-state index in [1.54, 1.807) is 24.3 Å². The molecular formula is C21H27N5O4S. The lowest BCUT2D eigenvalue weighted by Crippen LogP contribution is -2.41. The van der Waals surface area contributed by atoms with Gasteiger partial charge in [-0.1, -0.05) is 20.8 Å². The lowest BCUT2D eigenvalue weighted by molar-refractivity contribution is -0.120. The summed E-state index contributed by atoms with van der Waals surface area (Å²) < 4.78 is 30.8. The van der Waals surface area contributed by atoms with Gasteiger partial charge in [0.15, 0.2) is 0 Å². The van der Waals surface area contributed by atoms with E-state index in [1.165, 1.54) is 0 Å². The maximum Gasteiger partial charge on any atom is 0.298 e. The van der Waals surface area contributed by atoms with Crippen LogP contribution < -0.4 is 25.6 Å². The molecule has 0 saturated carbocycles. The van der Waals surface area contributed by atoms with Crippen LogP contribution in [-0.4, -0.2) is 26.8 Å². The fourth-order valence-electron chi connectivity index (χ4n) is 3.56. The molecule has 166 valence electrons. The normalized spacial score (nSPS) is 15.5. The van der Waals surface area contributed by atoms with Crippen molar-refractivity contribution in [3.63, 3.8) is 0 Å². The first-order valence-corrected chi connectivity index (χ1v) is 11.3. The first-order chi connectivity index (χ1) is 14.4. The molecule has 2 aromatic rings. The Hall–Kier alpha value is -3.11. The Labute approximate surface area is 181 Å². The first kappa shape index (κ1) is 22.6. The van der Waals surface area contributed by atoms with Gasteiger partial charge >= 0.3 is 0 Å². The predicted molar refractivity (Wildman–Crippen MR) is 119 cm³/mol. The minimum atomic E-state index is -4.25. The summed E-state index contributed by atoms with van der Waals surface area (Å²) in [7, 11) is -4.25. The van der Waals surface area contributed by atoms with Gasteiger partial charge in [-0.3, -0.25) is 10.2 Å². The highest BCUT2D eigenvalue weighted by atomic mass is 32.2. The van der Waals surface area contributed by atoms with Gasteiger partial charge in [-0.25, -0.2) is 9.86 Å². The van der Waals surface area contributed by atoms with Crippen molar-refractivity contribution in [3.8, 4) is 5.75 Å². The number of anilines is 1. The first-order valence-electron chi connectivity index (χ1n) is 9.77. The molecule has 10 heteroatoms. The van der Waals surface area contributed by atoms with E-state index in [1.807, 2.05) is 23.8 Å². The number of amidine groups is 1. The number of aryl methyl sites for hydroxylation is 1. The van der Waals surface area contributed by atoms with Gasteiger partial charge in [0.1, 0.15) is 17.6 Å². The predicted octanol–water partition coefficient (Wildman–Crippen LogP) is 1.68. The number of carbonyl (C=O) groups is 1. The molecule has 0 fully saturated rings. The Bertz CT molecular complexity index is 1130. The molecule has 1 aliphatic rings. The third-order valence-electron chi connectivity index (χ3n) is 5.22. The zero-order valence-electron chi connectivity index (χ0n) is 17.7. The summed E-state index contributed by atoms with van der Waals surface area (Å²) in [5.41, 5.74) is 8.80. The Kier molecular flexibility index (Phi) is 5.97. The van der Waals surface area contributed by atoms with Crippen molar-refractivity contribution in [2.75, 3.05) is 11.9 Å². The number of fused-ring (bicyclic) bond motifs is 1. The van der Waals surface area contributed by atoms with Gasteiger partial charge < -0.3 is 15.8 Å². The van der Waals surface area contributed by atoms with E-state index in [9.17, 15) is 13.2 Å². The standard InChI is InChI=1S/C21H27N5O4S/c1-4-12-9-14(10-16-18(12)30-11-21(16,2)3)17(20(27)26-31(24,28)29)25-15-7-5-13(6-8-15)19(22)23/h5-10,17,25H,4,11H2,1-3H3,(H3,22,23)(H,26,27)(H2,24,28,29). The molecule has 0 radical (unpaired) electrons. The Morgan fingerprint density at radius 1 is 1.26 bits per heavy atom. The molecule has 0 aliphatic carbocycles. The van der Waals surface area contributed by atoms with Gasteiger partial charge in [0.25, 0.3) is 16.1 Å². The van der Waals surface area contributed by atoms with Crippen LogP contribution in [0.1, 0.15) is 49.1 Å². The van der Waals surface area contributed by atoms with E-state index in [0.717, 1.165) is 16.9 Å². The van der Waals surface area contributed by atoms with Crippen LogP contribution in [0.25, 0.3) is 0 Å². The Morgan fingerprint density at radius 2 is 1.90 bits per heavy atom. The zero-order valence-corrected chi connectivity index (χ0v) is 18.5. The molecule has 31 heavy (non-hydrogen) atoms. The second-order valence-corrected chi connectivity index (χ2v) is 9.46. The van der Waals surface area contributed by atoms with Crippen molar-refractivity contribution in [1.29, 1.82) is 5.41 Å². The largest absolute Gasteiger partial charge is 0.492 e. The van der Waals surface area contributed by atoms with E-state index < -0.39 is 22.2 Å². The molecule has 9 nitrogen and oxygen atoms in total. The third kappa shape index (κ3) is 4.97. The number of nitrogen functional groups attached to an aromatic ring is 1. The SMILES string of the molecule is CCc1cc(C(Nc2ccc(C(=N)N)cc2)C(=O)NS(N)(=O)=O)cc2c1OCC2(C)C. The lowest BCUT2D eigenvalue weighted by atomic mass is 9.83. The van der Waals surface area contributed by atoms with Crippen molar-refractivity contribution in [2.45, 2.75) is 38.6 Å². The number of hydrogen-bond acceptors (Lipinski definition) is 6. The van der Waals surface area contributed by atoms with Gasteiger partial charge in [-0.05, 0) is 53.9 Å². The summed E-state index contributed by atoms with van der Waals surface area (Å²) in [5.74, 6) is -0.0759. The van der Waals surface area contributed by atoms with Crippen molar-refractivity contribution < 1.29 is 17.9 Å². The highest BCUT2D eigenvalue weighted by molar-refractivity contribution is 7.87. The molecule has 1 heterocycles. The zero-order chi connectivity index (χ0) is 23.0. The number of amides is 1. The monoisotopic (exact) mass is 445 g/mol. The summed E-state index contributed by atoms with van der Waals surface area (Å²) >= 11 is 0. The number of nitrogens with one attached hydrogen (secondary N) is 3. The van der Waals surface area contributed by atoms with Crippen LogP contribution >= 0.6 is 0 Å². The van der Waals surface area contributed by atoms with Gasteiger partial charge in [0.2, 0.25) is 0 Å². The van der Waals surface area contributed by atoms with Crippen LogP contribution in [-0.2, 0) is 26.8 Å². The summed E-state index contributed by atoms with van der Waals surface area (Å²) in [4.78, 5) is 12.9. The van der Waals surface area contributed by atoms with Crippen LogP contribution in [0.2, 0.25) is 0 Å². The van der Waals surface area contributed by atoms with E-state index in [0.29, 0.717) is 29.8 Å². The van der Waals surface area contributed by atoms with Crippen LogP contribution in [0.3, 0.4) is 0 Å². The minimum Gasteiger partial charge on any atom is -0.492 e. The number of nitrogens with two attached hydrogens (primary N) is 2. The molecule has 0 spiro atoms. The molecule has 2 aromatic carbocycles. The summed E-state index contributed by atoms with van der Waals surface area (Å²) in [6.07, 6.45) is 0.684. The summed E-state index contributed by atoms with van der Waals surface area (Å²) in [6.45, 7) is 6.61. The molecular weight excluding hydrogens is 418 g/mol. The van der Waals surface area contributed by atoms with Crippen LogP contribution in [0.5, 0.6) is 5.75 Å². The van der Waals surface area contributed by atoms with E-state index >= 15 is 0 Å². The number of hydrogen-bond donors (Lipinski definition) is 5. The molecule has 1 atom stereocenters. The Morgan fingerprint density at radius 3 is 2.45 bits per heavy atom. The fraction of sp³-hybridized carbons (Fsp3) is 0.333. The average Bonchev–Trinajstić information content (AvgIpc) is 2.99. The number of rotatable bonds is 7. The Balaban J connectivity index is 2.06. The van der Waals surface area contributed by atoms with Gasteiger partial charge in [-0.15, -0.1) is 0 Å². The van der Waals surface area contributed by atoms with Gasteiger partial charge in [0, 0.05) is 22.2 Å². The van der Waals surface area contributed by atoms with Crippen LogP contribution in [0.15, 0.2) is 36.4 Å². The minimum absolute atomic E-state index is 0.0801. The second kappa shape index (κ2) is 8.20. The molecule has 0 saturated heterocycles. The molecule has 1 unspecified atom stereocenters. The fourth-order valence-corrected chi connectivity index (χ4v) is 3.96. The average molecular weight is 446 g/mol. The highest BCUT2D eigenvalue weighted by Gasteiger charge is 2.35. The summed E-state index contributed by atoms with van der Waals surface area (Å²) in [5, 5.41) is 15.6. The van der Waals surface area contributed by atoms with E-state index in [-0.39, 0.29) is 11.3 Å². The second-order valence-electron chi connectivity index (χ2n) is 8.16. The highest BCUT2D eigenvalue weighted by Crippen LogP contribution is 2.43. The number of carbonyl (C=O) groups excluding carboxylic acids is 1. The van der Waals surface area contributed by atoms with E-state index in [2.05, 4.69) is 19.2 Å². The van der Waals surface area contributed by atoms with Crippen molar-refractivity contribution >= 4 is 27.6 Å². The molecule has 1 aliphatic heterocycles. The number of benzene rings is 2. The van der Waals surface area contributed by atoms with Crippen LogP contribution in [0, 0.1) is 5.41 Å². The molecule has 0 bridgehead atoms. The van der Waals surface area contributed by atoms with E-state index in [4.69, 9.17) is 21.0 Å².